The molecule has 0 spiro atoms. The Balaban J connectivity index is 2.13. The molecule has 0 aliphatic carbocycles. The molecule has 94 valence electrons. The zero-order valence-corrected chi connectivity index (χ0v) is 12.2. The average Bonchev–Trinajstić information content (AvgIpc) is 2.32. The summed E-state index contributed by atoms with van der Waals surface area (Å²) in [5.41, 5.74) is 2.99. The molecular formula is C14H13BrClNO. The first kappa shape index (κ1) is 13.2. The van der Waals surface area contributed by atoms with Crippen molar-refractivity contribution in [2.75, 3.05) is 5.32 Å². The Morgan fingerprint density at radius 3 is 2.78 bits per heavy atom. The third-order valence-electron chi connectivity index (χ3n) is 2.64. The first-order valence-corrected chi connectivity index (χ1v) is 6.71. The second kappa shape index (κ2) is 5.63. The Morgan fingerprint density at radius 1 is 1.28 bits per heavy atom. The Labute approximate surface area is 120 Å². The number of hydrogen-bond donors (Lipinski definition) is 2. The summed E-state index contributed by atoms with van der Waals surface area (Å²) < 4.78 is 0.976. The van der Waals surface area contributed by atoms with Crippen molar-refractivity contribution in [3.05, 3.63) is 57.0 Å². The molecule has 0 unspecified atom stereocenters. The van der Waals surface area contributed by atoms with Gasteiger partial charge >= 0.3 is 0 Å². The van der Waals surface area contributed by atoms with Gasteiger partial charge in [-0.05, 0) is 58.2 Å². The molecule has 0 atom stereocenters. The summed E-state index contributed by atoms with van der Waals surface area (Å²) >= 11 is 9.59. The van der Waals surface area contributed by atoms with Crippen LogP contribution >= 0.6 is 27.5 Å². The molecule has 0 amide bonds. The summed E-state index contributed by atoms with van der Waals surface area (Å²) in [4.78, 5) is 0. The standard InChI is InChI=1S/C14H13BrClNO/c1-9-5-12(15)14(7-13(9)16)17-8-10-3-2-4-11(18)6-10/h2-7,17-18H,8H2,1H3. The van der Waals surface area contributed by atoms with Crippen LogP contribution in [0.5, 0.6) is 5.75 Å². The van der Waals surface area contributed by atoms with Gasteiger partial charge in [-0.1, -0.05) is 23.7 Å². The van der Waals surface area contributed by atoms with E-state index in [9.17, 15) is 5.11 Å². The van der Waals surface area contributed by atoms with Crippen LogP contribution in [-0.2, 0) is 6.54 Å². The van der Waals surface area contributed by atoms with Crippen molar-refractivity contribution in [2.24, 2.45) is 0 Å². The zero-order chi connectivity index (χ0) is 13.1. The van der Waals surface area contributed by atoms with E-state index in [-0.39, 0.29) is 5.75 Å². The Morgan fingerprint density at radius 2 is 2.06 bits per heavy atom. The number of benzene rings is 2. The van der Waals surface area contributed by atoms with E-state index in [2.05, 4.69) is 21.2 Å². The maximum absolute atomic E-state index is 9.39. The van der Waals surface area contributed by atoms with E-state index in [0.717, 1.165) is 26.3 Å². The molecule has 0 aromatic heterocycles. The Kier molecular flexibility index (Phi) is 4.15. The average molecular weight is 327 g/mol. The van der Waals surface area contributed by atoms with Gasteiger partial charge in [0.25, 0.3) is 0 Å². The van der Waals surface area contributed by atoms with Crippen molar-refractivity contribution in [3.8, 4) is 5.75 Å². The summed E-state index contributed by atoms with van der Waals surface area (Å²) in [6, 6.07) is 11.0. The maximum atomic E-state index is 9.39. The highest BCUT2D eigenvalue weighted by Gasteiger charge is 2.04. The van der Waals surface area contributed by atoms with Crippen LogP contribution in [0.25, 0.3) is 0 Å². The van der Waals surface area contributed by atoms with Gasteiger partial charge in [0.1, 0.15) is 5.75 Å². The van der Waals surface area contributed by atoms with Gasteiger partial charge in [0, 0.05) is 16.0 Å². The van der Waals surface area contributed by atoms with Crippen molar-refractivity contribution in [3.63, 3.8) is 0 Å². The number of anilines is 1. The number of aryl methyl sites for hydroxylation is 1. The minimum Gasteiger partial charge on any atom is -0.508 e. The van der Waals surface area contributed by atoms with Crippen LogP contribution in [0.2, 0.25) is 5.02 Å². The Hall–Kier alpha value is -1.19. The highest BCUT2D eigenvalue weighted by Crippen LogP contribution is 2.29. The molecule has 4 heteroatoms. The van der Waals surface area contributed by atoms with Crippen molar-refractivity contribution in [2.45, 2.75) is 13.5 Å². The molecule has 2 N–H and O–H groups in total. The lowest BCUT2D eigenvalue weighted by Gasteiger charge is -2.11. The summed E-state index contributed by atoms with van der Waals surface area (Å²) in [5, 5.41) is 13.4. The van der Waals surface area contributed by atoms with Gasteiger partial charge in [0.05, 0.1) is 5.69 Å². The molecule has 0 heterocycles. The molecule has 0 saturated heterocycles. The number of nitrogens with one attached hydrogen (secondary N) is 1. The van der Waals surface area contributed by atoms with E-state index in [1.807, 2.05) is 31.2 Å². The van der Waals surface area contributed by atoms with E-state index in [1.165, 1.54) is 0 Å². The third kappa shape index (κ3) is 3.18. The molecule has 2 nitrogen and oxygen atoms in total. The van der Waals surface area contributed by atoms with E-state index in [0.29, 0.717) is 6.54 Å². The van der Waals surface area contributed by atoms with Crippen LogP contribution in [0.15, 0.2) is 40.9 Å². The molecule has 0 radical (unpaired) electrons. The highest BCUT2D eigenvalue weighted by atomic mass is 79.9. The highest BCUT2D eigenvalue weighted by molar-refractivity contribution is 9.10. The number of phenolic OH excluding ortho intramolecular Hbond substituents is 1. The molecule has 0 saturated carbocycles. The lowest BCUT2D eigenvalue weighted by molar-refractivity contribution is 0.474. The minimum absolute atomic E-state index is 0.273. The van der Waals surface area contributed by atoms with Gasteiger partial charge < -0.3 is 10.4 Å². The summed E-state index contributed by atoms with van der Waals surface area (Å²) in [6.07, 6.45) is 0. The molecule has 2 aromatic carbocycles. The van der Waals surface area contributed by atoms with Crippen LogP contribution in [0.3, 0.4) is 0 Å². The summed E-state index contributed by atoms with van der Waals surface area (Å²) in [6.45, 7) is 2.60. The summed E-state index contributed by atoms with van der Waals surface area (Å²) in [7, 11) is 0. The lowest BCUT2D eigenvalue weighted by Crippen LogP contribution is -2.00. The van der Waals surface area contributed by atoms with Crippen molar-refractivity contribution in [1.82, 2.24) is 0 Å². The largest absolute Gasteiger partial charge is 0.508 e. The number of hydrogen-bond acceptors (Lipinski definition) is 2. The van der Waals surface area contributed by atoms with Gasteiger partial charge in [-0.15, -0.1) is 0 Å². The second-order valence-corrected chi connectivity index (χ2v) is 5.37. The van der Waals surface area contributed by atoms with Gasteiger partial charge in [0.15, 0.2) is 0 Å². The van der Waals surface area contributed by atoms with Crippen molar-refractivity contribution < 1.29 is 5.11 Å². The van der Waals surface area contributed by atoms with E-state index < -0.39 is 0 Å². The molecule has 0 fully saturated rings. The maximum Gasteiger partial charge on any atom is 0.115 e. The molecule has 0 bridgehead atoms. The predicted octanol–water partition coefficient (Wildman–Crippen LogP) is 4.73. The number of rotatable bonds is 3. The van der Waals surface area contributed by atoms with Gasteiger partial charge in [0.2, 0.25) is 0 Å². The SMILES string of the molecule is Cc1cc(Br)c(NCc2cccc(O)c2)cc1Cl. The quantitative estimate of drug-likeness (QED) is 0.854. The first-order valence-electron chi connectivity index (χ1n) is 5.53. The van der Waals surface area contributed by atoms with Crippen LogP contribution in [0.1, 0.15) is 11.1 Å². The monoisotopic (exact) mass is 325 g/mol. The lowest BCUT2D eigenvalue weighted by atomic mass is 10.2. The van der Waals surface area contributed by atoms with Gasteiger partial charge in [-0.3, -0.25) is 0 Å². The molecule has 0 aliphatic heterocycles. The van der Waals surface area contributed by atoms with Gasteiger partial charge in [-0.25, -0.2) is 0 Å². The molecule has 2 aromatic rings. The Bertz CT molecular complexity index is 572. The van der Waals surface area contributed by atoms with Crippen molar-refractivity contribution >= 4 is 33.2 Å². The van der Waals surface area contributed by atoms with Crippen LogP contribution < -0.4 is 5.32 Å². The molecular weight excluding hydrogens is 314 g/mol. The van der Waals surface area contributed by atoms with Gasteiger partial charge in [-0.2, -0.15) is 0 Å². The number of halogens is 2. The second-order valence-electron chi connectivity index (χ2n) is 4.10. The normalized spacial score (nSPS) is 10.4. The van der Waals surface area contributed by atoms with Crippen LogP contribution in [-0.4, -0.2) is 5.11 Å². The first-order chi connectivity index (χ1) is 8.56. The van der Waals surface area contributed by atoms with E-state index in [1.54, 1.807) is 12.1 Å². The van der Waals surface area contributed by atoms with Crippen LogP contribution in [0, 0.1) is 6.92 Å². The molecule has 2 rings (SSSR count). The minimum atomic E-state index is 0.273. The smallest absolute Gasteiger partial charge is 0.115 e. The van der Waals surface area contributed by atoms with E-state index >= 15 is 0 Å². The van der Waals surface area contributed by atoms with E-state index in [4.69, 9.17) is 11.6 Å². The number of phenols is 1. The molecule has 18 heavy (non-hydrogen) atoms. The topological polar surface area (TPSA) is 32.3 Å². The number of aromatic hydroxyl groups is 1. The van der Waals surface area contributed by atoms with Crippen LogP contribution in [0.4, 0.5) is 5.69 Å². The fourth-order valence-electron chi connectivity index (χ4n) is 1.65. The fourth-order valence-corrected chi connectivity index (χ4v) is 2.41. The van der Waals surface area contributed by atoms with Crippen molar-refractivity contribution in [1.29, 1.82) is 0 Å². The third-order valence-corrected chi connectivity index (χ3v) is 3.71. The zero-order valence-electron chi connectivity index (χ0n) is 9.87. The predicted molar refractivity (Wildman–Crippen MR) is 79.3 cm³/mol. The summed E-state index contributed by atoms with van der Waals surface area (Å²) in [5.74, 6) is 0.273. The molecule has 0 aliphatic rings. The fraction of sp³-hybridized carbons (Fsp3) is 0.143.